The maximum absolute atomic E-state index is 14.4. The lowest BCUT2D eigenvalue weighted by Crippen LogP contribution is -2.47. The molecule has 178 valence electrons. The molecule has 1 saturated heterocycles. The van der Waals surface area contributed by atoms with Crippen LogP contribution in [-0.4, -0.2) is 40.5 Å². The highest BCUT2D eigenvalue weighted by Crippen LogP contribution is 2.27. The molecule has 3 aromatic rings. The third-order valence-electron chi connectivity index (χ3n) is 6.24. The van der Waals surface area contributed by atoms with Crippen molar-refractivity contribution in [1.82, 2.24) is 15.2 Å². The average Bonchev–Trinajstić information content (AvgIpc) is 3.49. The zero-order chi connectivity index (χ0) is 24.2. The molecule has 0 bridgehead atoms. The Bertz CT molecular complexity index is 1130. The quantitative estimate of drug-likeness (QED) is 0.545. The molecule has 0 spiro atoms. The van der Waals surface area contributed by atoms with Gasteiger partial charge in [-0.3, -0.25) is 9.59 Å². The van der Waals surface area contributed by atoms with Gasteiger partial charge in [0.1, 0.15) is 18.5 Å². The average molecular weight is 464 g/mol. The second kappa shape index (κ2) is 10.2. The highest BCUT2D eigenvalue weighted by Gasteiger charge is 2.41. The van der Waals surface area contributed by atoms with Crippen LogP contribution in [0.4, 0.5) is 4.39 Å². The maximum Gasteiger partial charge on any atom is 0.276 e. The smallest absolute Gasteiger partial charge is 0.276 e. The van der Waals surface area contributed by atoms with E-state index in [1.165, 1.54) is 16.7 Å². The number of oxazole rings is 1. The topological polar surface area (TPSA) is 75.4 Å². The molecule has 1 aliphatic heterocycles. The van der Waals surface area contributed by atoms with Gasteiger partial charge in [-0.1, -0.05) is 75.4 Å². The van der Waals surface area contributed by atoms with Crippen molar-refractivity contribution in [1.29, 1.82) is 0 Å². The van der Waals surface area contributed by atoms with E-state index >= 15 is 0 Å². The summed E-state index contributed by atoms with van der Waals surface area (Å²) in [7, 11) is 0. The summed E-state index contributed by atoms with van der Waals surface area (Å²) in [5.74, 6) is -0.0757. The summed E-state index contributed by atoms with van der Waals surface area (Å²) in [6.07, 6.45) is 0.476. The summed E-state index contributed by atoms with van der Waals surface area (Å²) in [6.45, 7) is 5.97. The second-order valence-corrected chi connectivity index (χ2v) is 8.96. The van der Waals surface area contributed by atoms with Gasteiger partial charge in [0, 0.05) is 12.8 Å². The molecule has 1 N–H and O–H groups in total. The Hall–Kier alpha value is -3.48. The molecule has 34 heavy (non-hydrogen) atoms. The van der Waals surface area contributed by atoms with Gasteiger partial charge in [-0.05, 0) is 22.6 Å². The lowest BCUT2D eigenvalue weighted by Gasteiger charge is -2.26. The molecule has 6 nitrogen and oxygen atoms in total. The van der Waals surface area contributed by atoms with E-state index in [1.54, 1.807) is 0 Å². The summed E-state index contributed by atoms with van der Waals surface area (Å²) in [5.41, 5.74) is 3.12. The normalized spacial score (nSPS) is 18.8. The van der Waals surface area contributed by atoms with Gasteiger partial charge in [0.2, 0.25) is 5.91 Å². The van der Waals surface area contributed by atoms with Crippen LogP contribution in [-0.2, 0) is 11.2 Å². The molecule has 0 aliphatic carbocycles. The summed E-state index contributed by atoms with van der Waals surface area (Å²) in [5, 5.41) is 3.07. The van der Waals surface area contributed by atoms with E-state index in [1.807, 2.05) is 49.4 Å². The molecule has 2 amide bonds. The number of carbonyl (C=O) groups is 2. The van der Waals surface area contributed by atoms with Crippen molar-refractivity contribution in [3.8, 4) is 0 Å². The van der Waals surface area contributed by atoms with E-state index in [2.05, 4.69) is 36.3 Å². The van der Waals surface area contributed by atoms with Gasteiger partial charge >= 0.3 is 0 Å². The number of benzene rings is 2. The second-order valence-electron chi connectivity index (χ2n) is 8.96. The molecule has 7 heteroatoms. The molecule has 1 fully saturated rings. The van der Waals surface area contributed by atoms with Gasteiger partial charge in [-0.25, -0.2) is 9.37 Å². The van der Waals surface area contributed by atoms with Crippen molar-refractivity contribution in [3.63, 3.8) is 0 Å². The molecule has 1 aromatic heterocycles. The minimum absolute atomic E-state index is 0.0517. The van der Waals surface area contributed by atoms with Crippen LogP contribution >= 0.6 is 0 Å². The molecular formula is C27H30FN3O3. The molecular weight excluding hydrogens is 433 g/mol. The number of hydrogen-bond donors (Lipinski definition) is 1. The first-order valence-electron chi connectivity index (χ1n) is 11.7. The Morgan fingerprint density at radius 1 is 1.09 bits per heavy atom. The molecule has 3 atom stereocenters. The molecule has 0 saturated carbocycles. The van der Waals surface area contributed by atoms with Gasteiger partial charge in [0.15, 0.2) is 11.6 Å². The number of nitrogens with one attached hydrogen (secondary N) is 1. The predicted molar refractivity (Wildman–Crippen MR) is 127 cm³/mol. The summed E-state index contributed by atoms with van der Waals surface area (Å²) in [6, 6.07) is 16.4. The van der Waals surface area contributed by atoms with E-state index < -0.39 is 30.1 Å². The van der Waals surface area contributed by atoms with Gasteiger partial charge in [0.05, 0.1) is 12.6 Å². The van der Waals surface area contributed by atoms with Crippen LogP contribution in [0.1, 0.15) is 72.2 Å². The van der Waals surface area contributed by atoms with Gasteiger partial charge in [-0.15, -0.1) is 0 Å². The molecule has 2 aromatic carbocycles. The largest absolute Gasteiger partial charge is 0.448 e. The lowest BCUT2D eigenvalue weighted by molar-refractivity contribution is -0.125. The van der Waals surface area contributed by atoms with Gasteiger partial charge in [-0.2, -0.15) is 0 Å². The minimum Gasteiger partial charge on any atom is -0.448 e. The van der Waals surface area contributed by atoms with Crippen molar-refractivity contribution in [3.05, 3.63) is 89.1 Å². The third kappa shape index (κ3) is 5.03. The standard InChI is InChI=1S/C27H30FN3O3/c1-4-24-29-22(16-34-24)27(33)31-15-21(28)14-23(31)26(32)30-25(19-8-6-5-7-9-19)20-12-10-18(11-13-20)17(2)3/h5-13,16-17,21,23,25H,4,14-15H2,1-3H3,(H,30,32)/t21-,23+,25+/m1/s1. The first kappa shape index (κ1) is 23.7. The third-order valence-corrected chi connectivity index (χ3v) is 6.24. The Morgan fingerprint density at radius 3 is 2.35 bits per heavy atom. The van der Waals surface area contributed by atoms with E-state index in [0.717, 1.165) is 11.1 Å². The minimum atomic E-state index is -1.28. The van der Waals surface area contributed by atoms with E-state index in [4.69, 9.17) is 4.42 Å². The fraction of sp³-hybridized carbons (Fsp3) is 0.370. The summed E-state index contributed by atoms with van der Waals surface area (Å²) >= 11 is 0. The number of halogens is 1. The van der Waals surface area contributed by atoms with Gasteiger partial charge in [0.25, 0.3) is 5.91 Å². The zero-order valence-corrected chi connectivity index (χ0v) is 19.7. The predicted octanol–water partition coefficient (Wildman–Crippen LogP) is 4.82. The van der Waals surface area contributed by atoms with Gasteiger partial charge < -0.3 is 14.6 Å². The van der Waals surface area contributed by atoms with Crippen LogP contribution in [0.2, 0.25) is 0 Å². The number of hydrogen-bond acceptors (Lipinski definition) is 4. The number of aromatic nitrogens is 1. The van der Waals surface area contributed by atoms with Crippen LogP contribution in [0.25, 0.3) is 0 Å². The number of aryl methyl sites for hydroxylation is 1. The lowest BCUT2D eigenvalue weighted by atomic mass is 9.95. The van der Waals surface area contributed by atoms with E-state index in [-0.39, 0.29) is 18.7 Å². The number of alkyl halides is 1. The monoisotopic (exact) mass is 463 g/mol. The van der Waals surface area contributed by atoms with Crippen LogP contribution in [0.15, 0.2) is 65.3 Å². The first-order valence-corrected chi connectivity index (χ1v) is 11.7. The van der Waals surface area contributed by atoms with E-state index in [9.17, 15) is 14.0 Å². The molecule has 1 aliphatic rings. The summed E-state index contributed by atoms with van der Waals surface area (Å²) in [4.78, 5) is 31.9. The molecule has 4 rings (SSSR count). The number of nitrogens with zero attached hydrogens (tertiary/aromatic N) is 2. The van der Waals surface area contributed by atoms with Crippen molar-refractivity contribution in [2.45, 2.75) is 57.8 Å². The van der Waals surface area contributed by atoms with Crippen LogP contribution in [0.3, 0.4) is 0 Å². The fourth-order valence-electron chi connectivity index (χ4n) is 4.29. The fourth-order valence-corrected chi connectivity index (χ4v) is 4.29. The van der Waals surface area contributed by atoms with E-state index in [0.29, 0.717) is 18.2 Å². The maximum atomic E-state index is 14.4. The number of carbonyl (C=O) groups excluding carboxylic acids is 2. The SMILES string of the molecule is CCc1nc(C(=O)N2C[C@H](F)C[C@H]2C(=O)N[C@@H](c2ccccc2)c2ccc(C(C)C)cc2)co1. The first-order chi connectivity index (χ1) is 16.4. The highest BCUT2D eigenvalue weighted by molar-refractivity contribution is 5.96. The molecule has 0 radical (unpaired) electrons. The summed E-state index contributed by atoms with van der Waals surface area (Å²) < 4.78 is 19.7. The van der Waals surface area contributed by atoms with Crippen LogP contribution in [0, 0.1) is 0 Å². The molecule has 0 unspecified atom stereocenters. The Labute approximate surface area is 199 Å². The number of rotatable bonds is 7. The molecule has 2 heterocycles. The highest BCUT2D eigenvalue weighted by atomic mass is 19.1. The van der Waals surface area contributed by atoms with Crippen LogP contribution < -0.4 is 5.32 Å². The number of amides is 2. The number of likely N-dealkylation sites (tertiary alicyclic amines) is 1. The Morgan fingerprint density at radius 2 is 1.74 bits per heavy atom. The Kier molecular flexibility index (Phi) is 7.10. The Balaban J connectivity index is 1.59. The van der Waals surface area contributed by atoms with Crippen molar-refractivity contribution >= 4 is 11.8 Å². The van der Waals surface area contributed by atoms with Crippen molar-refractivity contribution in [2.75, 3.05) is 6.54 Å². The zero-order valence-electron chi connectivity index (χ0n) is 19.7. The van der Waals surface area contributed by atoms with Crippen LogP contribution in [0.5, 0.6) is 0 Å². The van der Waals surface area contributed by atoms with Crippen molar-refractivity contribution in [2.24, 2.45) is 0 Å². The van der Waals surface area contributed by atoms with Crippen molar-refractivity contribution < 1.29 is 18.4 Å².